The van der Waals surface area contributed by atoms with Crippen molar-refractivity contribution in [2.45, 2.75) is 63.5 Å². The smallest absolute Gasteiger partial charge is 0.256 e. The molecule has 0 radical (unpaired) electrons. The number of alkyl halides is 6. The lowest BCUT2D eigenvalue weighted by atomic mass is 9.83. The van der Waals surface area contributed by atoms with Gasteiger partial charge in [0.2, 0.25) is 0 Å². The van der Waals surface area contributed by atoms with Gasteiger partial charge in [-0.15, -0.1) is 29.8 Å². The minimum absolute atomic E-state index is 0.0488. The van der Waals surface area contributed by atoms with Crippen LogP contribution < -0.4 is 0 Å². The van der Waals surface area contributed by atoms with Gasteiger partial charge in [0.1, 0.15) is 16.6 Å². The first-order valence-corrected chi connectivity index (χ1v) is 16.5. The van der Waals surface area contributed by atoms with Crippen LogP contribution in [0.15, 0.2) is 64.3 Å². The normalized spacial score (nSPS) is 21.4. The fraction of sp³-hybridized carbons (Fsp3) is 0.484. The van der Waals surface area contributed by atoms with Crippen molar-refractivity contribution in [3.8, 4) is 0 Å². The van der Waals surface area contributed by atoms with E-state index >= 15 is 0 Å². The third-order valence-electron chi connectivity index (χ3n) is 8.32. The molecule has 5 rings (SSSR count). The van der Waals surface area contributed by atoms with E-state index < -0.39 is 65.2 Å². The fourth-order valence-corrected chi connectivity index (χ4v) is 6.49. The molecule has 2 aromatic heterocycles. The third-order valence-corrected chi connectivity index (χ3v) is 9.71. The molecule has 0 spiro atoms. The van der Waals surface area contributed by atoms with E-state index in [2.05, 4.69) is 42.7 Å². The summed E-state index contributed by atoms with van der Waals surface area (Å²) in [4.78, 5) is 33.5. The number of hydrazone groups is 2. The molecule has 4 heterocycles. The Bertz CT molecular complexity index is 1500. The lowest BCUT2D eigenvalue weighted by molar-refractivity contribution is -0.153. The van der Waals surface area contributed by atoms with Crippen LogP contribution in [0.4, 0.5) is 22.0 Å². The molecule has 0 aromatic carbocycles. The predicted octanol–water partition coefficient (Wildman–Crippen LogP) is 7.94. The SMILES string of the molecule is C=CCC(CCl)(C(=O)N1N=CCC1c1cncc(Br)c1)C(F)F.O=C(N1N=CCC1c1cncc(F)c1)C(CCl)(CC1CC1)C(F)F. The molecule has 1 aliphatic carbocycles. The number of nitrogens with zero attached hydrogens (tertiary/aromatic N) is 6. The van der Waals surface area contributed by atoms with Crippen LogP contribution in [-0.2, 0) is 9.59 Å². The second kappa shape index (κ2) is 16.0. The lowest BCUT2D eigenvalue weighted by Gasteiger charge is -2.34. The maximum absolute atomic E-state index is 13.8. The molecule has 2 aliphatic heterocycles. The van der Waals surface area contributed by atoms with Gasteiger partial charge in [-0.3, -0.25) is 19.6 Å². The molecule has 254 valence electrons. The quantitative estimate of drug-likeness (QED) is 0.125. The molecule has 4 unspecified atom stereocenters. The van der Waals surface area contributed by atoms with E-state index in [9.17, 15) is 31.5 Å². The summed E-state index contributed by atoms with van der Waals surface area (Å²) in [6.07, 6.45) is 6.37. The Kier molecular flexibility index (Phi) is 12.5. The van der Waals surface area contributed by atoms with Gasteiger partial charge in [0.15, 0.2) is 0 Å². The van der Waals surface area contributed by atoms with Crippen molar-refractivity contribution in [1.82, 2.24) is 20.0 Å². The summed E-state index contributed by atoms with van der Waals surface area (Å²) in [7, 11) is 0. The summed E-state index contributed by atoms with van der Waals surface area (Å²) in [6, 6.07) is 1.91. The number of halogens is 8. The highest BCUT2D eigenvalue weighted by Crippen LogP contribution is 2.47. The van der Waals surface area contributed by atoms with E-state index in [1.165, 1.54) is 30.8 Å². The van der Waals surface area contributed by atoms with Crippen molar-refractivity contribution in [2.24, 2.45) is 27.0 Å². The highest BCUT2D eigenvalue weighted by atomic mass is 79.9. The Balaban J connectivity index is 0.000000213. The Hall–Kier alpha value is -2.97. The van der Waals surface area contributed by atoms with E-state index in [1.54, 1.807) is 18.5 Å². The molecule has 4 atom stereocenters. The standard InChI is InChI=1S/C16H17ClF3N3O.C15H15BrClF2N3O/c17-9-16(14(19)20,6-10-1-2-10)15(24)23-13(3-4-22-23)11-5-12(18)8-21-7-11;1-2-4-15(9-17,13(18)19)14(23)22-12(3-5-21-22)10-6-11(16)8-20-7-10/h4-5,7-8,10,13-14H,1-3,6,9H2;2,5-8,12-13H,1,3-4,9H2. The van der Waals surface area contributed by atoms with Crippen LogP contribution in [0.3, 0.4) is 0 Å². The summed E-state index contributed by atoms with van der Waals surface area (Å²) in [5, 5.41) is 10.1. The van der Waals surface area contributed by atoms with E-state index in [1.807, 2.05) is 0 Å². The van der Waals surface area contributed by atoms with E-state index in [-0.39, 0.29) is 18.8 Å². The predicted molar refractivity (Wildman–Crippen MR) is 172 cm³/mol. The number of aromatic nitrogens is 2. The molecule has 1 saturated carbocycles. The molecule has 2 amide bonds. The first-order chi connectivity index (χ1) is 22.4. The van der Waals surface area contributed by atoms with Crippen LogP contribution in [0, 0.1) is 22.6 Å². The van der Waals surface area contributed by atoms with Gasteiger partial charge in [-0.2, -0.15) is 10.2 Å². The summed E-state index contributed by atoms with van der Waals surface area (Å²) in [5.74, 6) is -3.04. The zero-order valence-electron chi connectivity index (χ0n) is 25.0. The summed E-state index contributed by atoms with van der Waals surface area (Å²) in [6.45, 7) is 3.46. The van der Waals surface area contributed by atoms with Crippen molar-refractivity contribution in [3.05, 3.63) is 71.0 Å². The van der Waals surface area contributed by atoms with E-state index in [0.717, 1.165) is 33.5 Å². The van der Waals surface area contributed by atoms with E-state index in [0.29, 0.717) is 24.0 Å². The summed E-state index contributed by atoms with van der Waals surface area (Å²) in [5.41, 5.74) is -2.85. The molecule has 1 fully saturated rings. The highest BCUT2D eigenvalue weighted by Gasteiger charge is 2.53. The van der Waals surface area contributed by atoms with Crippen molar-refractivity contribution < 1.29 is 31.5 Å². The highest BCUT2D eigenvalue weighted by molar-refractivity contribution is 9.10. The Morgan fingerprint density at radius 2 is 1.40 bits per heavy atom. The Morgan fingerprint density at radius 3 is 1.85 bits per heavy atom. The number of amides is 2. The number of hydrogen-bond acceptors (Lipinski definition) is 6. The molecule has 47 heavy (non-hydrogen) atoms. The number of carbonyl (C=O) groups excluding carboxylic acids is 2. The van der Waals surface area contributed by atoms with Gasteiger partial charge in [-0.05, 0) is 57.9 Å². The molecule has 3 aliphatic rings. The molecule has 8 nitrogen and oxygen atoms in total. The van der Waals surface area contributed by atoms with Crippen LogP contribution in [0.2, 0.25) is 0 Å². The maximum Gasteiger partial charge on any atom is 0.256 e. The second-order valence-corrected chi connectivity index (χ2v) is 13.0. The Morgan fingerprint density at radius 1 is 0.894 bits per heavy atom. The first-order valence-electron chi connectivity index (χ1n) is 14.7. The number of hydrogen-bond donors (Lipinski definition) is 0. The molecule has 0 saturated heterocycles. The molecular weight excluding hydrogens is 734 g/mol. The largest absolute Gasteiger partial charge is 0.272 e. The van der Waals surface area contributed by atoms with Crippen LogP contribution in [0.5, 0.6) is 0 Å². The topological polar surface area (TPSA) is 91.1 Å². The molecular formula is C31H32BrCl2F5N6O2. The number of rotatable bonds is 12. The Labute approximate surface area is 287 Å². The molecule has 16 heteroatoms. The maximum atomic E-state index is 13.8. The van der Waals surface area contributed by atoms with Gasteiger partial charge in [0.05, 0.1) is 18.3 Å². The number of carbonyl (C=O) groups is 2. The van der Waals surface area contributed by atoms with Crippen molar-refractivity contribution in [2.75, 3.05) is 11.8 Å². The fourth-order valence-electron chi connectivity index (χ4n) is 5.42. The monoisotopic (exact) mass is 764 g/mol. The zero-order valence-corrected chi connectivity index (χ0v) is 28.1. The van der Waals surface area contributed by atoms with Gasteiger partial charge in [0.25, 0.3) is 24.7 Å². The van der Waals surface area contributed by atoms with Gasteiger partial charge in [0, 0.05) is 60.1 Å². The van der Waals surface area contributed by atoms with Crippen LogP contribution in [0.1, 0.15) is 61.7 Å². The van der Waals surface area contributed by atoms with Gasteiger partial charge >= 0.3 is 0 Å². The van der Waals surface area contributed by atoms with E-state index in [4.69, 9.17) is 23.2 Å². The van der Waals surface area contributed by atoms with Gasteiger partial charge in [-0.25, -0.2) is 32.0 Å². The van der Waals surface area contributed by atoms with Crippen molar-refractivity contribution >= 4 is 63.4 Å². The zero-order chi connectivity index (χ0) is 34.4. The van der Waals surface area contributed by atoms with Gasteiger partial charge < -0.3 is 0 Å². The average Bonchev–Trinajstić information content (AvgIpc) is 3.50. The number of allylic oxidation sites excluding steroid dienone is 1. The van der Waals surface area contributed by atoms with Crippen LogP contribution in [-0.4, -0.2) is 68.8 Å². The van der Waals surface area contributed by atoms with Gasteiger partial charge in [-0.1, -0.05) is 18.9 Å². The molecule has 0 N–H and O–H groups in total. The van der Waals surface area contributed by atoms with Crippen molar-refractivity contribution in [1.29, 1.82) is 0 Å². The first kappa shape index (κ1) is 36.9. The third kappa shape index (κ3) is 8.02. The lowest BCUT2D eigenvalue weighted by Crippen LogP contribution is -2.48. The molecule has 2 aromatic rings. The number of pyridine rings is 2. The summed E-state index contributed by atoms with van der Waals surface area (Å²) < 4.78 is 68.9. The average molecular weight is 766 g/mol. The summed E-state index contributed by atoms with van der Waals surface area (Å²) >= 11 is 14.9. The van der Waals surface area contributed by atoms with Crippen molar-refractivity contribution in [3.63, 3.8) is 0 Å². The van der Waals surface area contributed by atoms with Crippen LogP contribution >= 0.6 is 39.1 Å². The minimum Gasteiger partial charge on any atom is -0.272 e. The van der Waals surface area contributed by atoms with Crippen LogP contribution in [0.25, 0.3) is 0 Å². The second-order valence-electron chi connectivity index (χ2n) is 11.6. The molecule has 0 bridgehead atoms. The minimum atomic E-state index is -2.91.